The number of hydrogen-bond acceptors (Lipinski definition) is 4. The molecular formula is C30H12F2N4. The SMILES string of the molecule is N#CC(C#N)=C1c2cc(-c3ccc(F)cc3)c(C#N)cc2-c2cc(C#N)c(-c3ccc(F)cc3)cc21. The van der Waals surface area contributed by atoms with Crippen LogP contribution in [-0.2, 0) is 0 Å². The molecule has 36 heavy (non-hydrogen) atoms. The topological polar surface area (TPSA) is 95.2 Å². The molecule has 6 heteroatoms. The molecule has 0 fully saturated rings. The van der Waals surface area contributed by atoms with Crippen molar-refractivity contribution in [3.8, 4) is 57.7 Å². The Hall–Kier alpha value is -5.56. The van der Waals surface area contributed by atoms with Crippen molar-refractivity contribution in [1.29, 1.82) is 21.0 Å². The average molecular weight is 466 g/mol. The van der Waals surface area contributed by atoms with Crippen molar-refractivity contribution < 1.29 is 8.78 Å². The first-order valence-corrected chi connectivity index (χ1v) is 10.7. The minimum atomic E-state index is -0.417. The van der Waals surface area contributed by atoms with E-state index in [1.54, 1.807) is 48.5 Å². The second kappa shape index (κ2) is 8.66. The molecule has 0 spiro atoms. The highest BCUT2D eigenvalue weighted by molar-refractivity contribution is 6.07. The number of benzene rings is 4. The van der Waals surface area contributed by atoms with Gasteiger partial charge >= 0.3 is 0 Å². The first kappa shape index (κ1) is 22.2. The van der Waals surface area contributed by atoms with Crippen LogP contribution in [0.1, 0.15) is 22.3 Å². The van der Waals surface area contributed by atoms with Crippen molar-refractivity contribution >= 4 is 5.57 Å². The van der Waals surface area contributed by atoms with Gasteiger partial charge in [-0.3, -0.25) is 0 Å². The molecule has 0 heterocycles. The van der Waals surface area contributed by atoms with E-state index in [0.29, 0.717) is 61.2 Å². The summed E-state index contributed by atoms with van der Waals surface area (Å²) in [6.45, 7) is 0. The molecule has 0 bridgehead atoms. The predicted molar refractivity (Wildman–Crippen MR) is 129 cm³/mol. The highest BCUT2D eigenvalue weighted by Gasteiger charge is 2.30. The van der Waals surface area contributed by atoms with Crippen LogP contribution in [0.25, 0.3) is 39.0 Å². The number of halogens is 2. The minimum absolute atomic E-state index is 0.125. The summed E-state index contributed by atoms with van der Waals surface area (Å²) in [5.74, 6) is -0.833. The lowest BCUT2D eigenvalue weighted by molar-refractivity contribution is 0.627. The first-order chi connectivity index (χ1) is 17.5. The van der Waals surface area contributed by atoms with Crippen LogP contribution in [0.4, 0.5) is 8.78 Å². The molecule has 4 nitrogen and oxygen atoms in total. The van der Waals surface area contributed by atoms with Gasteiger partial charge in [0.2, 0.25) is 0 Å². The predicted octanol–water partition coefficient (Wildman–Crippen LogP) is 6.87. The summed E-state index contributed by atoms with van der Waals surface area (Å²) >= 11 is 0. The van der Waals surface area contributed by atoms with E-state index in [1.807, 2.05) is 12.1 Å². The van der Waals surface area contributed by atoms with Gasteiger partial charge in [-0.05, 0) is 81.9 Å². The Morgan fingerprint density at radius 3 is 1.22 bits per heavy atom. The van der Waals surface area contributed by atoms with Crippen molar-refractivity contribution in [3.05, 3.63) is 112 Å². The molecule has 0 saturated carbocycles. The van der Waals surface area contributed by atoms with Crippen LogP contribution in [-0.4, -0.2) is 0 Å². The zero-order valence-corrected chi connectivity index (χ0v) is 18.5. The van der Waals surface area contributed by atoms with E-state index in [4.69, 9.17) is 0 Å². The molecule has 0 unspecified atom stereocenters. The van der Waals surface area contributed by atoms with Crippen LogP contribution in [0.3, 0.4) is 0 Å². The molecule has 1 aliphatic rings. The lowest BCUT2D eigenvalue weighted by Gasteiger charge is -2.10. The molecule has 0 N–H and O–H groups in total. The van der Waals surface area contributed by atoms with Crippen LogP contribution in [0.15, 0.2) is 78.4 Å². The largest absolute Gasteiger partial charge is 0.207 e. The molecule has 166 valence electrons. The van der Waals surface area contributed by atoms with Gasteiger partial charge in [-0.25, -0.2) is 8.78 Å². The number of allylic oxidation sites excluding steroid dienone is 1. The fraction of sp³-hybridized carbons (Fsp3) is 0. The second-order valence-corrected chi connectivity index (χ2v) is 8.10. The Bertz CT molecular complexity index is 1640. The van der Waals surface area contributed by atoms with Gasteiger partial charge in [0.05, 0.1) is 23.3 Å². The zero-order chi connectivity index (χ0) is 25.4. The van der Waals surface area contributed by atoms with Gasteiger partial charge in [0.25, 0.3) is 0 Å². The normalized spacial score (nSPS) is 10.9. The molecular weight excluding hydrogens is 454 g/mol. The summed E-state index contributed by atoms with van der Waals surface area (Å²) in [7, 11) is 0. The molecule has 0 amide bonds. The van der Waals surface area contributed by atoms with Crippen LogP contribution in [0.2, 0.25) is 0 Å². The molecule has 4 aromatic rings. The number of fused-ring (bicyclic) bond motifs is 3. The lowest BCUT2D eigenvalue weighted by Crippen LogP contribution is -1.92. The van der Waals surface area contributed by atoms with E-state index in [2.05, 4.69) is 12.1 Å². The Labute approximate surface area is 205 Å². The summed E-state index contributed by atoms with van der Waals surface area (Å²) in [5.41, 5.74) is 5.48. The van der Waals surface area contributed by atoms with E-state index in [0.717, 1.165) is 0 Å². The van der Waals surface area contributed by atoms with Gasteiger partial charge in [-0.2, -0.15) is 21.0 Å². The molecule has 0 aromatic heterocycles. The molecule has 5 rings (SSSR count). The van der Waals surface area contributed by atoms with E-state index < -0.39 is 11.6 Å². The van der Waals surface area contributed by atoms with Crippen LogP contribution >= 0.6 is 0 Å². The molecule has 0 aliphatic heterocycles. The Kier molecular flexibility index (Phi) is 5.35. The third kappa shape index (κ3) is 3.48. The van der Waals surface area contributed by atoms with Crippen molar-refractivity contribution in [2.75, 3.05) is 0 Å². The van der Waals surface area contributed by atoms with Gasteiger partial charge in [-0.15, -0.1) is 0 Å². The van der Waals surface area contributed by atoms with E-state index in [-0.39, 0.29) is 5.57 Å². The Morgan fingerprint density at radius 2 is 0.889 bits per heavy atom. The molecule has 0 radical (unpaired) electrons. The van der Waals surface area contributed by atoms with E-state index in [1.165, 1.54) is 24.3 Å². The van der Waals surface area contributed by atoms with Crippen LogP contribution in [0.5, 0.6) is 0 Å². The molecule has 1 aliphatic carbocycles. The van der Waals surface area contributed by atoms with Crippen molar-refractivity contribution in [1.82, 2.24) is 0 Å². The fourth-order valence-corrected chi connectivity index (χ4v) is 4.53. The van der Waals surface area contributed by atoms with Gasteiger partial charge in [0.15, 0.2) is 0 Å². The summed E-state index contributed by atoms with van der Waals surface area (Å²) in [6, 6.07) is 26.4. The van der Waals surface area contributed by atoms with Crippen LogP contribution in [0, 0.1) is 57.0 Å². The smallest absolute Gasteiger partial charge is 0.138 e. The highest BCUT2D eigenvalue weighted by atomic mass is 19.1. The Balaban J connectivity index is 1.84. The minimum Gasteiger partial charge on any atom is -0.207 e. The highest BCUT2D eigenvalue weighted by Crippen LogP contribution is 2.49. The third-order valence-electron chi connectivity index (χ3n) is 6.17. The summed E-state index contributed by atoms with van der Waals surface area (Å²) < 4.78 is 27.0. The van der Waals surface area contributed by atoms with Crippen LogP contribution < -0.4 is 0 Å². The Morgan fingerprint density at radius 1 is 0.500 bits per heavy atom. The van der Waals surface area contributed by atoms with Crippen molar-refractivity contribution in [3.63, 3.8) is 0 Å². The standard InChI is InChI=1S/C30H12F2N4/c31-22-5-1-17(2-6-22)24-11-28-26(9-19(24)13-33)27-10-20(14-34)25(18-3-7-23(32)8-4-18)12-29(27)30(28)21(15-35)16-36/h1-12H. The second-order valence-electron chi connectivity index (χ2n) is 8.10. The monoisotopic (exact) mass is 466 g/mol. The first-order valence-electron chi connectivity index (χ1n) is 10.7. The number of nitrogens with zero attached hydrogens (tertiary/aromatic N) is 4. The number of rotatable bonds is 2. The molecule has 0 saturated heterocycles. The van der Waals surface area contributed by atoms with Gasteiger partial charge < -0.3 is 0 Å². The van der Waals surface area contributed by atoms with E-state index >= 15 is 0 Å². The average Bonchev–Trinajstić information content (AvgIpc) is 3.21. The molecule has 0 atom stereocenters. The van der Waals surface area contributed by atoms with Gasteiger partial charge in [0, 0.05) is 16.7 Å². The summed E-state index contributed by atoms with van der Waals surface area (Å²) in [4.78, 5) is 0. The third-order valence-corrected chi connectivity index (χ3v) is 6.17. The maximum Gasteiger partial charge on any atom is 0.138 e. The number of hydrogen-bond donors (Lipinski definition) is 0. The number of nitriles is 4. The summed E-state index contributed by atoms with van der Waals surface area (Å²) in [5, 5.41) is 39.3. The molecule has 4 aromatic carbocycles. The lowest BCUT2D eigenvalue weighted by atomic mass is 9.92. The van der Waals surface area contributed by atoms with Gasteiger partial charge in [0.1, 0.15) is 29.3 Å². The summed E-state index contributed by atoms with van der Waals surface area (Å²) in [6.07, 6.45) is 0. The zero-order valence-electron chi connectivity index (χ0n) is 18.5. The maximum atomic E-state index is 13.5. The van der Waals surface area contributed by atoms with E-state index in [9.17, 15) is 29.8 Å². The fourth-order valence-electron chi connectivity index (χ4n) is 4.53. The van der Waals surface area contributed by atoms with Gasteiger partial charge in [-0.1, -0.05) is 24.3 Å². The maximum absolute atomic E-state index is 13.5. The van der Waals surface area contributed by atoms with Crippen molar-refractivity contribution in [2.45, 2.75) is 0 Å². The quantitative estimate of drug-likeness (QED) is 0.265. The van der Waals surface area contributed by atoms with Crippen molar-refractivity contribution in [2.24, 2.45) is 0 Å².